The number of aromatic nitrogens is 1. The van der Waals surface area contributed by atoms with Gasteiger partial charge in [-0.25, -0.2) is 13.6 Å². The van der Waals surface area contributed by atoms with Crippen LogP contribution in [-0.4, -0.2) is 59.9 Å². The van der Waals surface area contributed by atoms with Crippen LogP contribution in [0.4, 0.5) is 13.6 Å². The number of methoxy groups -OCH3 is 1. The molecule has 34 heavy (non-hydrogen) atoms. The van der Waals surface area contributed by atoms with E-state index in [1.807, 2.05) is 0 Å². The van der Waals surface area contributed by atoms with E-state index in [0.717, 1.165) is 6.07 Å². The number of nitrogens with one attached hydrogen (secondary N) is 1. The van der Waals surface area contributed by atoms with E-state index in [1.165, 1.54) is 24.1 Å². The van der Waals surface area contributed by atoms with Gasteiger partial charge in [-0.2, -0.15) is 0 Å². The lowest BCUT2D eigenvalue weighted by atomic mass is 9.77. The Morgan fingerprint density at radius 1 is 1.24 bits per heavy atom. The molecule has 0 saturated carbocycles. The molecule has 0 unspecified atom stereocenters. The number of amides is 2. The number of nitrogens with zero attached hydrogens (tertiary/aromatic N) is 2. The van der Waals surface area contributed by atoms with Crippen LogP contribution in [0.25, 0.3) is 11.3 Å². The maximum Gasteiger partial charge on any atom is 0.410 e. The van der Waals surface area contributed by atoms with Crippen molar-refractivity contribution in [3.8, 4) is 11.3 Å². The van der Waals surface area contributed by atoms with Crippen molar-refractivity contribution >= 4 is 18.0 Å². The van der Waals surface area contributed by atoms with Crippen molar-refractivity contribution in [3.63, 3.8) is 0 Å². The predicted octanol–water partition coefficient (Wildman–Crippen LogP) is 3.54. The molecule has 0 bridgehead atoms. The van der Waals surface area contributed by atoms with Crippen molar-refractivity contribution in [1.29, 1.82) is 0 Å². The summed E-state index contributed by atoms with van der Waals surface area (Å²) in [6.45, 7) is 6.99. The van der Waals surface area contributed by atoms with Crippen LogP contribution in [0.5, 0.6) is 0 Å². The van der Waals surface area contributed by atoms with Crippen molar-refractivity contribution < 1.29 is 37.2 Å². The summed E-state index contributed by atoms with van der Waals surface area (Å²) in [6.07, 6.45) is -0.330. The van der Waals surface area contributed by atoms with Gasteiger partial charge >= 0.3 is 12.1 Å². The predicted molar refractivity (Wildman–Crippen MR) is 116 cm³/mol. The number of piperidine rings is 1. The molecule has 0 spiro atoms. The Hall–Kier alpha value is -3.50. The molecule has 1 aliphatic rings. The van der Waals surface area contributed by atoms with Gasteiger partial charge in [0.15, 0.2) is 11.5 Å². The number of likely N-dealkylation sites (tertiary alicyclic amines) is 1. The number of rotatable bonds is 4. The second-order valence-corrected chi connectivity index (χ2v) is 9.33. The molecule has 0 aliphatic carbocycles. The minimum absolute atomic E-state index is 0.0373. The number of benzene rings is 1. The van der Waals surface area contributed by atoms with Gasteiger partial charge in [0.05, 0.1) is 12.7 Å². The summed E-state index contributed by atoms with van der Waals surface area (Å²) in [7, 11) is 1.22. The van der Waals surface area contributed by atoms with Crippen LogP contribution in [0, 0.1) is 17.0 Å². The van der Waals surface area contributed by atoms with E-state index in [4.69, 9.17) is 14.0 Å². The summed E-state index contributed by atoms with van der Waals surface area (Å²) < 4.78 is 42.6. The molecule has 1 aromatic carbocycles. The Labute approximate surface area is 195 Å². The van der Waals surface area contributed by atoms with Crippen LogP contribution in [0.3, 0.4) is 0 Å². The molecule has 1 fully saturated rings. The van der Waals surface area contributed by atoms with Crippen molar-refractivity contribution in [1.82, 2.24) is 15.4 Å². The average Bonchev–Trinajstić information content (AvgIpc) is 3.23. The summed E-state index contributed by atoms with van der Waals surface area (Å²) in [5, 5.41) is 6.41. The molecule has 2 amide bonds. The molecule has 1 saturated heterocycles. The summed E-state index contributed by atoms with van der Waals surface area (Å²) in [5.41, 5.74) is -2.19. The highest BCUT2D eigenvalue weighted by atomic mass is 19.1. The molecule has 1 aromatic heterocycles. The third-order valence-electron chi connectivity index (χ3n) is 5.52. The molecule has 2 atom stereocenters. The van der Waals surface area contributed by atoms with Gasteiger partial charge in [-0.05, 0) is 46.2 Å². The van der Waals surface area contributed by atoms with Gasteiger partial charge in [0.2, 0.25) is 0 Å². The summed E-state index contributed by atoms with van der Waals surface area (Å²) >= 11 is 0. The summed E-state index contributed by atoms with van der Waals surface area (Å²) in [4.78, 5) is 39.5. The van der Waals surface area contributed by atoms with E-state index in [-0.39, 0.29) is 36.5 Å². The van der Waals surface area contributed by atoms with Crippen molar-refractivity contribution in [3.05, 3.63) is 41.6 Å². The molecule has 2 heterocycles. The number of ether oxygens (including phenoxy) is 2. The second-order valence-electron chi connectivity index (χ2n) is 9.33. The molecule has 0 radical (unpaired) electrons. The van der Waals surface area contributed by atoms with Crippen LogP contribution < -0.4 is 5.32 Å². The van der Waals surface area contributed by atoms with E-state index in [2.05, 4.69) is 10.5 Å². The van der Waals surface area contributed by atoms with Crippen LogP contribution in [-0.2, 0) is 14.3 Å². The van der Waals surface area contributed by atoms with Crippen molar-refractivity contribution in [2.75, 3.05) is 20.2 Å². The fourth-order valence-corrected chi connectivity index (χ4v) is 3.77. The number of halogens is 2. The minimum Gasteiger partial charge on any atom is -0.468 e. The maximum absolute atomic E-state index is 14.0. The molecule has 9 nitrogen and oxygen atoms in total. The first kappa shape index (κ1) is 25.1. The Kier molecular flexibility index (Phi) is 6.94. The van der Waals surface area contributed by atoms with Gasteiger partial charge < -0.3 is 24.2 Å². The molecule has 1 N–H and O–H groups in total. The largest absolute Gasteiger partial charge is 0.468 e. The highest BCUT2D eigenvalue weighted by Gasteiger charge is 2.49. The minimum atomic E-state index is -1.27. The van der Waals surface area contributed by atoms with Gasteiger partial charge in [0.25, 0.3) is 5.91 Å². The number of esters is 1. The van der Waals surface area contributed by atoms with Gasteiger partial charge in [-0.1, -0.05) is 5.16 Å². The monoisotopic (exact) mass is 479 g/mol. The zero-order valence-electron chi connectivity index (χ0n) is 19.6. The topological polar surface area (TPSA) is 111 Å². The SMILES string of the molecule is COC(=O)[C@]1(C)CN(C(=O)OC(C)(C)C)CC[C@H]1NC(=O)c1cc(-c2ccc(F)cc2F)on1. The third kappa shape index (κ3) is 5.35. The lowest BCUT2D eigenvalue weighted by Gasteiger charge is -2.44. The molecule has 3 rings (SSSR count). The van der Waals surface area contributed by atoms with E-state index in [9.17, 15) is 23.2 Å². The Bertz CT molecular complexity index is 1100. The Balaban J connectivity index is 1.77. The number of carbonyl (C=O) groups excluding carboxylic acids is 3. The van der Waals surface area contributed by atoms with E-state index in [0.29, 0.717) is 6.07 Å². The zero-order chi connectivity index (χ0) is 25.3. The first-order valence-corrected chi connectivity index (χ1v) is 10.6. The Morgan fingerprint density at radius 3 is 2.56 bits per heavy atom. The summed E-state index contributed by atoms with van der Waals surface area (Å²) in [6, 6.07) is 3.44. The lowest BCUT2D eigenvalue weighted by Crippen LogP contribution is -2.61. The van der Waals surface area contributed by atoms with Crippen LogP contribution in [0.2, 0.25) is 0 Å². The number of carbonyl (C=O) groups is 3. The quantitative estimate of drug-likeness (QED) is 0.668. The third-order valence-corrected chi connectivity index (χ3v) is 5.52. The van der Waals surface area contributed by atoms with Crippen LogP contribution in [0.15, 0.2) is 28.8 Å². The summed E-state index contributed by atoms with van der Waals surface area (Å²) in [5.74, 6) is -2.95. The molecule has 11 heteroatoms. The van der Waals surface area contributed by atoms with E-state index < -0.39 is 46.7 Å². The number of hydrogen-bond donors (Lipinski definition) is 1. The van der Waals surface area contributed by atoms with Gasteiger partial charge in [0.1, 0.15) is 22.7 Å². The highest BCUT2D eigenvalue weighted by Crippen LogP contribution is 2.33. The molecule has 184 valence electrons. The molecule has 1 aliphatic heterocycles. The van der Waals surface area contributed by atoms with Crippen molar-refractivity contribution in [2.45, 2.75) is 45.8 Å². The first-order valence-electron chi connectivity index (χ1n) is 10.6. The zero-order valence-corrected chi connectivity index (χ0v) is 19.6. The maximum atomic E-state index is 14.0. The second kappa shape index (κ2) is 9.40. The fraction of sp³-hybridized carbons (Fsp3) is 0.478. The fourth-order valence-electron chi connectivity index (χ4n) is 3.77. The Morgan fingerprint density at radius 2 is 1.94 bits per heavy atom. The van der Waals surface area contributed by atoms with Gasteiger partial charge in [0, 0.05) is 31.3 Å². The normalized spacial score (nSPS) is 20.6. The standard InChI is InChI=1S/C23H27F2N3O6/c1-22(2,3)33-21(31)28-9-8-18(23(4,12-28)20(30)32-5)26-19(29)16-11-17(34-27-16)14-7-6-13(24)10-15(14)25/h6-7,10-11,18H,8-9,12H2,1-5H3,(H,26,29)/t18-,23-/m1/s1. The van der Waals surface area contributed by atoms with E-state index in [1.54, 1.807) is 27.7 Å². The van der Waals surface area contributed by atoms with E-state index >= 15 is 0 Å². The van der Waals surface area contributed by atoms with Gasteiger partial charge in [-0.15, -0.1) is 0 Å². The molecular formula is C23H27F2N3O6. The van der Waals surface area contributed by atoms with Crippen LogP contribution in [0.1, 0.15) is 44.6 Å². The van der Waals surface area contributed by atoms with Crippen molar-refractivity contribution in [2.24, 2.45) is 5.41 Å². The lowest BCUT2D eigenvalue weighted by molar-refractivity contribution is -0.156. The highest BCUT2D eigenvalue weighted by molar-refractivity contribution is 5.94. The number of hydrogen-bond acceptors (Lipinski definition) is 7. The average molecular weight is 479 g/mol. The first-order chi connectivity index (χ1) is 15.8. The van der Waals surface area contributed by atoms with Crippen LogP contribution >= 0.6 is 0 Å². The van der Waals surface area contributed by atoms with Gasteiger partial charge in [-0.3, -0.25) is 9.59 Å². The molecular weight excluding hydrogens is 452 g/mol. The smallest absolute Gasteiger partial charge is 0.410 e. The molecule has 2 aromatic rings.